The number of hydrogen-bond acceptors (Lipinski definition) is 6. The number of benzene rings is 1. The summed E-state index contributed by atoms with van der Waals surface area (Å²) in [5, 5.41) is 7.15. The predicted octanol–water partition coefficient (Wildman–Crippen LogP) is 3.84. The van der Waals surface area contributed by atoms with Crippen LogP contribution in [0.2, 0.25) is 0 Å². The molecule has 1 N–H and O–H groups in total. The van der Waals surface area contributed by atoms with Crippen LogP contribution in [0, 0.1) is 6.92 Å². The fourth-order valence-corrected chi connectivity index (χ4v) is 2.23. The highest BCUT2D eigenvalue weighted by Gasteiger charge is 2.12. The van der Waals surface area contributed by atoms with Gasteiger partial charge in [-0.3, -0.25) is 0 Å². The summed E-state index contributed by atoms with van der Waals surface area (Å²) >= 11 is 0. The number of hydrogen-bond donors (Lipinski definition) is 1. The van der Waals surface area contributed by atoms with E-state index in [4.69, 9.17) is 9.26 Å². The second-order valence-electron chi connectivity index (χ2n) is 5.39. The van der Waals surface area contributed by atoms with Crippen LogP contribution in [0.4, 0.5) is 5.82 Å². The maximum absolute atomic E-state index is 5.59. The Kier molecular flexibility index (Phi) is 5.05. The molecule has 0 saturated carbocycles. The third-order valence-corrected chi connectivity index (χ3v) is 3.42. The molecule has 0 aliphatic rings. The van der Waals surface area contributed by atoms with Crippen molar-refractivity contribution in [3.8, 4) is 17.2 Å². The number of aryl methyl sites for hydroxylation is 1. The molecule has 0 unspecified atom stereocenters. The minimum Gasteiger partial charge on any atom is -0.494 e. The standard InChI is InChI=1S/C18H20N4O2/c1-3-11-23-15-8-6-14(7-9-15)12-20-17-16(5-4-10-19-17)18-21-13(2)22-24-18/h4-10H,3,11-12H2,1-2H3,(H,19,20). The summed E-state index contributed by atoms with van der Waals surface area (Å²) in [4.78, 5) is 8.64. The fraction of sp³-hybridized carbons (Fsp3) is 0.278. The van der Waals surface area contributed by atoms with Crippen molar-refractivity contribution in [2.75, 3.05) is 11.9 Å². The number of ether oxygens (including phenoxy) is 1. The van der Waals surface area contributed by atoms with Gasteiger partial charge in [0.25, 0.3) is 5.89 Å². The molecule has 124 valence electrons. The Morgan fingerprint density at radius 1 is 1.17 bits per heavy atom. The molecule has 2 aromatic heterocycles. The Hall–Kier alpha value is -2.89. The molecule has 6 heteroatoms. The van der Waals surface area contributed by atoms with Crippen molar-refractivity contribution in [1.82, 2.24) is 15.1 Å². The lowest BCUT2D eigenvalue weighted by atomic mass is 10.2. The number of aromatic nitrogens is 3. The van der Waals surface area contributed by atoms with E-state index in [-0.39, 0.29) is 0 Å². The average molecular weight is 324 g/mol. The molecule has 0 aliphatic heterocycles. The molecule has 24 heavy (non-hydrogen) atoms. The summed E-state index contributed by atoms with van der Waals surface area (Å²) in [7, 11) is 0. The van der Waals surface area contributed by atoms with E-state index in [1.165, 1.54) is 0 Å². The first-order valence-electron chi connectivity index (χ1n) is 7.97. The van der Waals surface area contributed by atoms with Crippen LogP contribution in [0.1, 0.15) is 24.7 Å². The summed E-state index contributed by atoms with van der Waals surface area (Å²) in [6.45, 7) is 5.26. The van der Waals surface area contributed by atoms with Gasteiger partial charge in [0.15, 0.2) is 5.82 Å². The van der Waals surface area contributed by atoms with Gasteiger partial charge < -0.3 is 14.6 Å². The molecule has 3 rings (SSSR count). The lowest BCUT2D eigenvalue weighted by Crippen LogP contribution is -2.03. The van der Waals surface area contributed by atoms with Crippen molar-refractivity contribution in [3.63, 3.8) is 0 Å². The molecule has 0 bridgehead atoms. The number of rotatable bonds is 7. The van der Waals surface area contributed by atoms with E-state index in [0.717, 1.165) is 29.9 Å². The first-order chi connectivity index (χ1) is 11.8. The lowest BCUT2D eigenvalue weighted by Gasteiger charge is -2.09. The maximum Gasteiger partial charge on any atom is 0.261 e. The zero-order valence-corrected chi connectivity index (χ0v) is 13.8. The molecule has 3 aromatic rings. The van der Waals surface area contributed by atoms with Gasteiger partial charge in [-0.15, -0.1) is 0 Å². The Morgan fingerprint density at radius 2 is 2.00 bits per heavy atom. The second-order valence-corrected chi connectivity index (χ2v) is 5.39. The van der Waals surface area contributed by atoms with Crippen LogP contribution in [-0.2, 0) is 6.54 Å². The van der Waals surface area contributed by atoms with E-state index < -0.39 is 0 Å². The minimum absolute atomic E-state index is 0.464. The highest BCUT2D eigenvalue weighted by atomic mass is 16.5. The molecule has 6 nitrogen and oxygen atoms in total. The highest BCUT2D eigenvalue weighted by Crippen LogP contribution is 2.24. The molecule has 1 aromatic carbocycles. The van der Waals surface area contributed by atoms with Crippen molar-refractivity contribution in [1.29, 1.82) is 0 Å². The third kappa shape index (κ3) is 3.90. The summed E-state index contributed by atoms with van der Waals surface area (Å²) in [5.74, 6) is 2.67. The Balaban J connectivity index is 1.69. The largest absolute Gasteiger partial charge is 0.494 e. The van der Waals surface area contributed by atoms with E-state index >= 15 is 0 Å². The summed E-state index contributed by atoms with van der Waals surface area (Å²) in [5.41, 5.74) is 1.93. The predicted molar refractivity (Wildman–Crippen MR) is 91.8 cm³/mol. The van der Waals surface area contributed by atoms with E-state index in [2.05, 4.69) is 27.4 Å². The van der Waals surface area contributed by atoms with Gasteiger partial charge in [-0.05, 0) is 43.2 Å². The lowest BCUT2D eigenvalue weighted by molar-refractivity contribution is 0.317. The summed E-state index contributed by atoms with van der Waals surface area (Å²) in [6.07, 6.45) is 2.73. The van der Waals surface area contributed by atoms with Crippen LogP contribution in [-0.4, -0.2) is 21.7 Å². The van der Waals surface area contributed by atoms with Crippen LogP contribution < -0.4 is 10.1 Å². The third-order valence-electron chi connectivity index (χ3n) is 3.42. The van der Waals surface area contributed by atoms with Crippen molar-refractivity contribution in [2.45, 2.75) is 26.8 Å². The molecule has 0 amide bonds. The monoisotopic (exact) mass is 324 g/mol. The van der Waals surface area contributed by atoms with E-state index in [9.17, 15) is 0 Å². The van der Waals surface area contributed by atoms with Gasteiger partial charge in [-0.1, -0.05) is 24.2 Å². The van der Waals surface area contributed by atoms with Crippen LogP contribution in [0.3, 0.4) is 0 Å². The van der Waals surface area contributed by atoms with Crippen LogP contribution in [0.15, 0.2) is 47.1 Å². The first kappa shape index (κ1) is 16.0. The van der Waals surface area contributed by atoms with E-state index in [0.29, 0.717) is 24.1 Å². The van der Waals surface area contributed by atoms with Crippen LogP contribution in [0.25, 0.3) is 11.5 Å². The number of nitrogens with zero attached hydrogens (tertiary/aromatic N) is 3. The van der Waals surface area contributed by atoms with Gasteiger partial charge in [0, 0.05) is 12.7 Å². The zero-order valence-electron chi connectivity index (χ0n) is 13.8. The molecular weight excluding hydrogens is 304 g/mol. The average Bonchev–Trinajstić information content (AvgIpc) is 3.05. The maximum atomic E-state index is 5.59. The van der Waals surface area contributed by atoms with Crippen LogP contribution in [0.5, 0.6) is 5.75 Å². The smallest absolute Gasteiger partial charge is 0.261 e. The molecule has 0 atom stereocenters. The van der Waals surface area contributed by atoms with Gasteiger partial charge in [0.2, 0.25) is 0 Å². The van der Waals surface area contributed by atoms with Crippen molar-refractivity contribution in [2.24, 2.45) is 0 Å². The van der Waals surface area contributed by atoms with Gasteiger partial charge in [-0.2, -0.15) is 4.98 Å². The summed E-state index contributed by atoms with van der Waals surface area (Å²) < 4.78 is 10.8. The molecule has 0 fully saturated rings. The summed E-state index contributed by atoms with van der Waals surface area (Å²) in [6, 6.07) is 11.8. The quantitative estimate of drug-likeness (QED) is 0.712. The Bertz CT molecular complexity index is 784. The first-order valence-corrected chi connectivity index (χ1v) is 7.97. The van der Waals surface area contributed by atoms with Gasteiger partial charge in [-0.25, -0.2) is 4.98 Å². The van der Waals surface area contributed by atoms with E-state index in [1.54, 1.807) is 13.1 Å². The van der Waals surface area contributed by atoms with Crippen molar-refractivity contribution in [3.05, 3.63) is 54.0 Å². The van der Waals surface area contributed by atoms with Crippen molar-refractivity contribution >= 4 is 5.82 Å². The zero-order chi connectivity index (χ0) is 16.8. The molecular formula is C18H20N4O2. The second kappa shape index (κ2) is 7.59. The van der Waals surface area contributed by atoms with Gasteiger partial charge in [0.1, 0.15) is 11.6 Å². The molecule has 0 aliphatic carbocycles. The highest BCUT2D eigenvalue weighted by molar-refractivity contribution is 5.68. The number of anilines is 1. The van der Waals surface area contributed by atoms with Gasteiger partial charge >= 0.3 is 0 Å². The Morgan fingerprint density at radius 3 is 2.71 bits per heavy atom. The fourth-order valence-electron chi connectivity index (χ4n) is 2.23. The molecule has 0 saturated heterocycles. The number of nitrogens with one attached hydrogen (secondary N) is 1. The SMILES string of the molecule is CCCOc1ccc(CNc2ncccc2-c2nc(C)no2)cc1. The van der Waals surface area contributed by atoms with E-state index in [1.807, 2.05) is 36.4 Å². The van der Waals surface area contributed by atoms with Crippen LogP contribution >= 0.6 is 0 Å². The Labute approximate surface area is 140 Å². The molecule has 2 heterocycles. The normalized spacial score (nSPS) is 10.6. The topological polar surface area (TPSA) is 73.1 Å². The number of pyridine rings is 1. The molecule has 0 spiro atoms. The molecule has 0 radical (unpaired) electrons. The van der Waals surface area contributed by atoms with Gasteiger partial charge in [0.05, 0.1) is 12.2 Å². The van der Waals surface area contributed by atoms with Crippen molar-refractivity contribution < 1.29 is 9.26 Å². The minimum atomic E-state index is 0.464.